The Labute approximate surface area is 103 Å². The van der Waals surface area contributed by atoms with Gasteiger partial charge in [-0.2, -0.15) is 5.26 Å². The van der Waals surface area contributed by atoms with Crippen molar-refractivity contribution in [3.63, 3.8) is 0 Å². The monoisotopic (exact) mass is 246 g/mol. The number of morpholine rings is 1. The Morgan fingerprint density at radius 1 is 1.28 bits per heavy atom. The van der Waals surface area contributed by atoms with Crippen molar-refractivity contribution in [3.05, 3.63) is 24.3 Å². The maximum absolute atomic E-state index is 11.7. The van der Waals surface area contributed by atoms with E-state index in [1.165, 1.54) is 0 Å². The Morgan fingerprint density at radius 3 is 2.61 bits per heavy atom. The first-order chi connectivity index (χ1) is 8.74. The van der Waals surface area contributed by atoms with Crippen LogP contribution in [0.25, 0.3) is 0 Å². The topological polar surface area (TPSA) is 79.6 Å². The number of amides is 2. The average molecular weight is 246 g/mol. The summed E-state index contributed by atoms with van der Waals surface area (Å²) in [6, 6.07) is 8.41. The molecule has 0 aromatic heterocycles. The van der Waals surface area contributed by atoms with Gasteiger partial charge in [-0.3, -0.25) is 9.59 Å². The summed E-state index contributed by atoms with van der Waals surface area (Å²) in [4.78, 5) is 24.4. The molecule has 1 fully saturated rings. The number of hydrogen-bond donors (Lipinski definition) is 0. The summed E-state index contributed by atoms with van der Waals surface area (Å²) >= 11 is 0. The summed E-state index contributed by atoms with van der Waals surface area (Å²) < 4.78 is 10.0. The van der Waals surface area contributed by atoms with Crippen LogP contribution in [-0.2, 0) is 14.3 Å². The minimum Gasteiger partial charge on any atom is -0.477 e. The van der Waals surface area contributed by atoms with Gasteiger partial charge in [0.15, 0.2) is 6.61 Å². The molecule has 0 radical (unpaired) electrons. The standard InChI is InChI=1S/C12H10N2O4/c13-5-6-18-10-4-2-1-3-9(10)14-11(15)7-17-8-12(14)16/h1-4H,6-8H2. The Bertz CT molecular complexity index is 505. The average Bonchev–Trinajstić information content (AvgIpc) is 2.37. The number of rotatable bonds is 3. The van der Waals surface area contributed by atoms with E-state index in [2.05, 4.69) is 0 Å². The number of anilines is 1. The largest absolute Gasteiger partial charge is 0.477 e. The van der Waals surface area contributed by atoms with E-state index in [4.69, 9.17) is 14.7 Å². The molecule has 18 heavy (non-hydrogen) atoms. The van der Waals surface area contributed by atoms with Crippen LogP contribution < -0.4 is 9.64 Å². The van der Waals surface area contributed by atoms with Crippen LogP contribution in [0.4, 0.5) is 5.69 Å². The van der Waals surface area contributed by atoms with Crippen LogP contribution in [0.1, 0.15) is 0 Å². The molecule has 92 valence electrons. The molecule has 2 rings (SSSR count). The lowest BCUT2D eigenvalue weighted by Crippen LogP contribution is -2.46. The summed E-state index contributed by atoms with van der Waals surface area (Å²) in [5, 5.41) is 8.49. The van der Waals surface area contributed by atoms with Crippen molar-refractivity contribution < 1.29 is 19.1 Å². The second-order valence-corrected chi connectivity index (χ2v) is 3.53. The molecule has 1 aromatic rings. The van der Waals surface area contributed by atoms with Crippen molar-refractivity contribution in [2.75, 3.05) is 24.7 Å². The third-order valence-corrected chi connectivity index (χ3v) is 2.35. The lowest BCUT2D eigenvalue weighted by molar-refractivity contribution is -0.138. The van der Waals surface area contributed by atoms with Gasteiger partial charge in [0.2, 0.25) is 0 Å². The van der Waals surface area contributed by atoms with Gasteiger partial charge in [0.05, 0.1) is 5.69 Å². The van der Waals surface area contributed by atoms with Crippen LogP contribution in [0.2, 0.25) is 0 Å². The number of ether oxygens (including phenoxy) is 2. The fraction of sp³-hybridized carbons (Fsp3) is 0.250. The van der Waals surface area contributed by atoms with E-state index in [0.29, 0.717) is 11.4 Å². The molecule has 0 N–H and O–H groups in total. The molecule has 0 saturated carbocycles. The number of benzene rings is 1. The van der Waals surface area contributed by atoms with Gasteiger partial charge >= 0.3 is 0 Å². The fourth-order valence-corrected chi connectivity index (χ4v) is 1.64. The quantitative estimate of drug-likeness (QED) is 0.724. The normalized spacial score (nSPS) is 15.4. The van der Waals surface area contributed by atoms with Crippen LogP contribution in [0.3, 0.4) is 0 Å². The number of imide groups is 1. The molecular weight excluding hydrogens is 236 g/mol. The van der Waals surface area contributed by atoms with Gasteiger partial charge in [-0.15, -0.1) is 0 Å². The maximum atomic E-state index is 11.7. The Balaban J connectivity index is 2.34. The molecule has 1 aromatic carbocycles. The van der Waals surface area contributed by atoms with Gasteiger partial charge in [-0.1, -0.05) is 12.1 Å². The van der Waals surface area contributed by atoms with Crippen molar-refractivity contribution in [1.82, 2.24) is 0 Å². The molecule has 1 saturated heterocycles. The predicted octanol–water partition coefficient (Wildman–Crippen LogP) is 0.479. The van der Waals surface area contributed by atoms with E-state index >= 15 is 0 Å². The van der Waals surface area contributed by atoms with Gasteiger partial charge in [-0.05, 0) is 12.1 Å². The highest BCUT2D eigenvalue weighted by Crippen LogP contribution is 2.29. The first-order valence-corrected chi connectivity index (χ1v) is 5.26. The maximum Gasteiger partial charge on any atom is 0.259 e. The molecule has 0 atom stereocenters. The number of nitriles is 1. The highest BCUT2D eigenvalue weighted by atomic mass is 16.5. The summed E-state index contributed by atoms with van der Waals surface area (Å²) in [7, 11) is 0. The van der Waals surface area contributed by atoms with Crippen LogP contribution >= 0.6 is 0 Å². The van der Waals surface area contributed by atoms with Crippen LogP contribution in [0.5, 0.6) is 5.75 Å². The third-order valence-electron chi connectivity index (χ3n) is 2.35. The summed E-state index contributed by atoms with van der Waals surface area (Å²) in [6.45, 7) is -0.430. The lowest BCUT2D eigenvalue weighted by Gasteiger charge is -2.26. The molecular formula is C12H10N2O4. The van der Waals surface area contributed by atoms with Crippen molar-refractivity contribution in [2.45, 2.75) is 0 Å². The van der Waals surface area contributed by atoms with E-state index in [1.54, 1.807) is 24.3 Å². The van der Waals surface area contributed by atoms with E-state index in [0.717, 1.165) is 4.90 Å². The smallest absolute Gasteiger partial charge is 0.259 e. The molecule has 0 aliphatic carbocycles. The third kappa shape index (κ3) is 2.31. The molecule has 6 heteroatoms. The summed E-state index contributed by atoms with van der Waals surface area (Å²) in [5.41, 5.74) is 0.339. The lowest BCUT2D eigenvalue weighted by atomic mass is 10.2. The first-order valence-electron chi connectivity index (χ1n) is 5.26. The van der Waals surface area contributed by atoms with Gasteiger partial charge < -0.3 is 9.47 Å². The Hall–Kier alpha value is -2.39. The first kappa shape index (κ1) is 12.1. The molecule has 0 unspecified atom stereocenters. The van der Waals surface area contributed by atoms with E-state index < -0.39 is 11.8 Å². The second kappa shape index (κ2) is 5.29. The van der Waals surface area contributed by atoms with E-state index in [-0.39, 0.29) is 19.8 Å². The van der Waals surface area contributed by atoms with Crippen LogP contribution in [0.15, 0.2) is 24.3 Å². The highest BCUT2D eigenvalue weighted by Gasteiger charge is 2.30. The summed E-state index contributed by atoms with van der Waals surface area (Å²) in [6.07, 6.45) is 0. The minimum atomic E-state index is -0.445. The number of nitrogens with zero attached hydrogens (tertiary/aromatic N) is 2. The van der Waals surface area contributed by atoms with Crippen LogP contribution in [0, 0.1) is 11.3 Å². The number of carbonyl (C=O) groups excluding carboxylic acids is 2. The molecule has 0 bridgehead atoms. The van der Waals surface area contributed by atoms with Gasteiger partial charge in [0.25, 0.3) is 11.8 Å². The highest BCUT2D eigenvalue weighted by molar-refractivity contribution is 6.17. The van der Waals surface area contributed by atoms with Gasteiger partial charge in [-0.25, -0.2) is 4.90 Å². The zero-order valence-corrected chi connectivity index (χ0v) is 9.46. The molecule has 2 amide bonds. The predicted molar refractivity (Wildman–Crippen MR) is 60.9 cm³/mol. The van der Waals surface area contributed by atoms with Crippen molar-refractivity contribution >= 4 is 17.5 Å². The zero-order chi connectivity index (χ0) is 13.0. The Kier molecular flexibility index (Phi) is 3.55. The van der Waals surface area contributed by atoms with Gasteiger partial charge in [0.1, 0.15) is 25.0 Å². The number of hydrogen-bond acceptors (Lipinski definition) is 5. The van der Waals surface area contributed by atoms with E-state index in [9.17, 15) is 9.59 Å². The molecule has 1 aliphatic heterocycles. The summed E-state index contributed by atoms with van der Waals surface area (Å²) in [5.74, 6) is -0.568. The SMILES string of the molecule is N#CCOc1ccccc1N1C(=O)COCC1=O. The van der Waals surface area contributed by atoms with E-state index in [1.807, 2.05) is 6.07 Å². The van der Waals surface area contributed by atoms with Crippen molar-refractivity contribution in [3.8, 4) is 11.8 Å². The van der Waals surface area contributed by atoms with Crippen molar-refractivity contribution in [1.29, 1.82) is 5.26 Å². The van der Waals surface area contributed by atoms with Crippen LogP contribution in [-0.4, -0.2) is 31.6 Å². The molecule has 1 aliphatic rings. The van der Waals surface area contributed by atoms with Crippen molar-refractivity contribution in [2.24, 2.45) is 0 Å². The molecule has 1 heterocycles. The number of para-hydroxylation sites is 2. The number of carbonyl (C=O) groups is 2. The molecule has 0 spiro atoms. The fourth-order valence-electron chi connectivity index (χ4n) is 1.64. The van der Waals surface area contributed by atoms with Gasteiger partial charge in [0, 0.05) is 0 Å². The minimum absolute atomic E-state index is 0.141. The molecule has 6 nitrogen and oxygen atoms in total. The second-order valence-electron chi connectivity index (χ2n) is 3.53. The zero-order valence-electron chi connectivity index (χ0n) is 9.46. The Morgan fingerprint density at radius 2 is 1.94 bits per heavy atom.